The van der Waals surface area contributed by atoms with Crippen LogP contribution in [0.3, 0.4) is 0 Å². The number of hydrogen-bond acceptors (Lipinski definition) is 6. The minimum atomic E-state index is 0.137. The van der Waals surface area contributed by atoms with Crippen LogP contribution >= 0.6 is 0 Å². The van der Waals surface area contributed by atoms with Gasteiger partial charge in [-0.25, -0.2) is 0 Å². The van der Waals surface area contributed by atoms with E-state index in [0.29, 0.717) is 11.1 Å². The number of nitrogens with zero attached hydrogens (tertiary/aromatic N) is 2. The third-order valence-electron chi connectivity index (χ3n) is 2.67. The summed E-state index contributed by atoms with van der Waals surface area (Å²) >= 11 is 0. The summed E-state index contributed by atoms with van der Waals surface area (Å²) in [7, 11) is 0. The van der Waals surface area contributed by atoms with Crippen molar-refractivity contribution < 1.29 is 19.9 Å². The summed E-state index contributed by atoms with van der Waals surface area (Å²) in [5, 5.41) is 26.4. The van der Waals surface area contributed by atoms with E-state index in [1.165, 1.54) is 12.4 Å². The molecule has 0 radical (unpaired) electrons. The van der Waals surface area contributed by atoms with E-state index in [1.54, 1.807) is 48.5 Å². The summed E-state index contributed by atoms with van der Waals surface area (Å²) in [5.41, 5.74) is 1.14. The number of aromatic hydroxyl groups is 2. The summed E-state index contributed by atoms with van der Waals surface area (Å²) in [6, 6.07) is 13.6. The molecule has 0 bridgehead atoms. The summed E-state index contributed by atoms with van der Waals surface area (Å²) in [5.74, 6) is 0.275. The number of hydrogen-bond donors (Lipinski definition) is 2. The number of benzene rings is 2. The van der Waals surface area contributed by atoms with E-state index in [4.69, 9.17) is 9.68 Å². The zero-order valence-corrected chi connectivity index (χ0v) is 11.8. The van der Waals surface area contributed by atoms with E-state index in [1.807, 2.05) is 0 Å². The lowest BCUT2D eigenvalue weighted by molar-refractivity contribution is 0.0553. The fourth-order valence-corrected chi connectivity index (χ4v) is 1.56. The first-order valence-electron chi connectivity index (χ1n) is 6.64. The Balaban J connectivity index is 1.66. The van der Waals surface area contributed by atoms with E-state index in [-0.39, 0.29) is 24.7 Å². The average Bonchev–Trinajstić information content (AvgIpc) is 2.53. The first-order valence-corrected chi connectivity index (χ1v) is 6.64. The van der Waals surface area contributed by atoms with Crippen molar-refractivity contribution in [3.63, 3.8) is 0 Å². The van der Waals surface area contributed by atoms with E-state index in [0.717, 1.165) is 0 Å². The first-order chi connectivity index (χ1) is 10.8. The van der Waals surface area contributed by atoms with Crippen molar-refractivity contribution in [2.75, 3.05) is 13.2 Å². The fourth-order valence-electron chi connectivity index (χ4n) is 1.56. The summed E-state index contributed by atoms with van der Waals surface area (Å²) in [6.45, 7) is 0.421. The molecule has 0 aromatic heterocycles. The van der Waals surface area contributed by atoms with Gasteiger partial charge in [-0.05, 0) is 24.3 Å². The van der Waals surface area contributed by atoms with Crippen LogP contribution in [0.15, 0.2) is 58.8 Å². The predicted molar refractivity (Wildman–Crippen MR) is 83.3 cm³/mol. The maximum Gasteiger partial charge on any atom is 0.153 e. The molecule has 0 aliphatic rings. The van der Waals surface area contributed by atoms with Crippen molar-refractivity contribution in [1.29, 1.82) is 0 Å². The zero-order valence-electron chi connectivity index (χ0n) is 11.8. The molecule has 2 N–H and O–H groups in total. The highest BCUT2D eigenvalue weighted by atomic mass is 16.7. The van der Waals surface area contributed by atoms with Gasteiger partial charge in [0.1, 0.15) is 11.5 Å². The van der Waals surface area contributed by atoms with Gasteiger partial charge in [0.2, 0.25) is 0 Å². The Kier molecular flexibility index (Phi) is 5.80. The van der Waals surface area contributed by atoms with Crippen molar-refractivity contribution in [3.8, 4) is 11.5 Å². The molecule has 0 unspecified atom stereocenters. The van der Waals surface area contributed by atoms with Crippen molar-refractivity contribution >= 4 is 12.4 Å². The maximum absolute atomic E-state index is 9.50. The Labute approximate surface area is 127 Å². The standard InChI is InChI=1S/C16H16N2O4/c19-15-7-3-1-5-13(15)11-17-21-9-10-22-18-12-14-6-2-4-8-16(14)20/h1-8,11-12,19-20H,9-10H2/b17-11+,18-12+. The van der Waals surface area contributed by atoms with E-state index < -0.39 is 0 Å². The predicted octanol–water partition coefficient (Wildman–Crippen LogP) is 2.50. The highest BCUT2D eigenvalue weighted by Crippen LogP contribution is 2.13. The van der Waals surface area contributed by atoms with Crippen LogP contribution in [0.5, 0.6) is 11.5 Å². The molecule has 2 aromatic rings. The average molecular weight is 300 g/mol. The van der Waals surface area contributed by atoms with Gasteiger partial charge in [-0.15, -0.1) is 0 Å². The monoisotopic (exact) mass is 300 g/mol. The lowest BCUT2D eigenvalue weighted by Gasteiger charge is -2.00. The SMILES string of the molecule is Oc1ccccc1/C=N/OCCO/N=C/c1ccccc1O. The largest absolute Gasteiger partial charge is 0.507 e. The molecule has 2 rings (SSSR count). The van der Waals surface area contributed by atoms with Crippen LogP contribution in [0, 0.1) is 0 Å². The molecule has 6 heteroatoms. The topological polar surface area (TPSA) is 83.6 Å². The van der Waals surface area contributed by atoms with Crippen LogP contribution < -0.4 is 0 Å². The van der Waals surface area contributed by atoms with Crippen molar-refractivity contribution in [2.24, 2.45) is 10.3 Å². The Hall–Kier alpha value is -3.02. The van der Waals surface area contributed by atoms with E-state index in [2.05, 4.69) is 10.3 Å². The number of rotatable bonds is 7. The minimum absolute atomic E-state index is 0.137. The maximum atomic E-state index is 9.50. The molecule has 22 heavy (non-hydrogen) atoms. The minimum Gasteiger partial charge on any atom is -0.507 e. The van der Waals surface area contributed by atoms with Gasteiger partial charge in [0.15, 0.2) is 13.2 Å². The second kappa shape index (κ2) is 8.31. The quantitative estimate of drug-likeness (QED) is 0.467. The highest BCUT2D eigenvalue weighted by molar-refractivity contribution is 5.83. The van der Waals surface area contributed by atoms with E-state index in [9.17, 15) is 10.2 Å². The van der Waals surface area contributed by atoms with Crippen molar-refractivity contribution in [1.82, 2.24) is 0 Å². The molecule has 0 atom stereocenters. The second-order valence-electron chi connectivity index (χ2n) is 4.25. The first kappa shape index (κ1) is 15.4. The van der Waals surface area contributed by atoms with Gasteiger partial charge in [0, 0.05) is 11.1 Å². The van der Waals surface area contributed by atoms with E-state index >= 15 is 0 Å². The highest BCUT2D eigenvalue weighted by Gasteiger charge is 1.95. The molecule has 0 saturated heterocycles. The van der Waals surface area contributed by atoms with Gasteiger partial charge in [-0.1, -0.05) is 34.6 Å². The fraction of sp³-hybridized carbons (Fsp3) is 0.125. The molecule has 2 aromatic carbocycles. The number of phenolic OH excluding ortho intramolecular Hbond substituents is 2. The molecular formula is C16H16N2O4. The van der Waals surface area contributed by atoms with Crippen LogP contribution in [0.2, 0.25) is 0 Å². The molecule has 6 nitrogen and oxygen atoms in total. The van der Waals surface area contributed by atoms with Crippen LogP contribution in [0.25, 0.3) is 0 Å². The Morgan fingerprint density at radius 2 is 1.14 bits per heavy atom. The van der Waals surface area contributed by atoms with Gasteiger partial charge in [0.25, 0.3) is 0 Å². The summed E-state index contributed by atoms with van der Waals surface area (Å²) < 4.78 is 0. The van der Waals surface area contributed by atoms with Crippen LogP contribution in [0.4, 0.5) is 0 Å². The Morgan fingerprint density at radius 1 is 0.727 bits per heavy atom. The molecule has 0 aliphatic heterocycles. The lowest BCUT2D eigenvalue weighted by Crippen LogP contribution is -1.98. The molecule has 0 saturated carbocycles. The second-order valence-corrected chi connectivity index (χ2v) is 4.25. The van der Waals surface area contributed by atoms with Gasteiger partial charge in [-0.2, -0.15) is 0 Å². The molecule has 114 valence electrons. The van der Waals surface area contributed by atoms with Gasteiger partial charge >= 0.3 is 0 Å². The number of para-hydroxylation sites is 2. The lowest BCUT2D eigenvalue weighted by atomic mass is 10.2. The van der Waals surface area contributed by atoms with Crippen LogP contribution in [0.1, 0.15) is 11.1 Å². The van der Waals surface area contributed by atoms with Crippen LogP contribution in [-0.4, -0.2) is 35.9 Å². The Bertz CT molecular complexity index is 599. The molecule has 0 aliphatic carbocycles. The smallest absolute Gasteiger partial charge is 0.153 e. The van der Waals surface area contributed by atoms with Crippen molar-refractivity contribution in [3.05, 3.63) is 59.7 Å². The molecule has 0 spiro atoms. The zero-order chi connectivity index (χ0) is 15.6. The molecule has 0 heterocycles. The van der Waals surface area contributed by atoms with Gasteiger partial charge in [0.05, 0.1) is 12.4 Å². The molecule has 0 amide bonds. The van der Waals surface area contributed by atoms with Gasteiger partial charge in [-0.3, -0.25) is 0 Å². The van der Waals surface area contributed by atoms with Crippen LogP contribution in [-0.2, 0) is 9.68 Å². The summed E-state index contributed by atoms with van der Waals surface area (Å²) in [6.07, 6.45) is 2.83. The summed E-state index contributed by atoms with van der Waals surface area (Å²) in [4.78, 5) is 9.96. The normalized spacial score (nSPS) is 11.1. The number of phenols is 2. The third kappa shape index (κ3) is 4.82. The third-order valence-corrected chi connectivity index (χ3v) is 2.67. The molecular weight excluding hydrogens is 284 g/mol. The Morgan fingerprint density at radius 3 is 1.55 bits per heavy atom. The molecule has 0 fully saturated rings. The van der Waals surface area contributed by atoms with Crippen molar-refractivity contribution in [2.45, 2.75) is 0 Å². The number of oxime groups is 2. The van der Waals surface area contributed by atoms with Gasteiger partial charge < -0.3 is 19.9 Å².